The lowest BCUT2D eigenvalue weighted by Crippen LogP contribution is -2.42. The van der Waals surface area contributed by atoms with E-state index in [2.05, 4.69) is 19.2 Å². The fourth-order valence-corrected chi connectivity index (χ4v) is 2.65. The van der Waals surface area contributed by atoms with Gasteiger partial charge in [0.15, 0.2) is 0 Å². The van der Waals surface area contributed by atoms with Crippen LogP contribution in [0.4, 0.5) is 0 Å². The molecular formula is C14H27ClN2O2. The number of halogens is 1. The molecular weight excluding hydrogens is 264 g/mol. The minimum absolute atomic E-state index is 0. The number of likely N-dealkylation sites (tertiary alicyclic amines) is 1. The van der Waals surface area contributed by atoms with Gasteiger partial charge in [-0.3, -0.25) is 4.79 Å². The Bertz CT molecular complexity index is 281. The fraction of sp³-hybridized carbons (Fsp3) is 0.929. The molecule has 0 aromatic rings. The van der Waals surface area contributed by atoms with E-state index in [4.69, 9.17) is 4.74 Å². The van der Waals surface area contributed by atoms with Gasteiger partial charge in [-0.25, -0.2) is 0 Å². The summed E-state index contributed by atoms with van der Waals surface area (Å²) >= 11 is 0. The van der Waals surface area contributed by atoms with E-state index in [0.717, 1.165) is 51.9 Å². The molecule has 112 valence electrons. The molecule has 0 spiro atoms. The summed E-state index contributed by atoms with van der Waals surface area (Å²) in [6.45, 7) is 7.88. The highest BCUT2D eigenvalue weighted by atomic mass is 35.5. The number of amides is 1. The monoisotopic (exact) mass is 290 g/mol. The average Bonchev–Trinajstić information content (AvgIpc) is 2.99. The van der Waals surface area contributed by atoms with Crippen molar-refractivity contribution in [1.29, 1.82) is 0 Å². The Morgan fingerprint density at radius 1 is 1.42 bits per heavy atom. The number of hydrogen-bond donors (Lipinski definition) is 1. The molecule has 0 radical (unpaired) electrons. The molecule has 0 bridgehead atoms. The predicted molar refractivity (Wildman–Crippen MR) is 78.7 cm³/mol. The first kappa shape index (κ1) is 16.7. The van der Waals surface area contributed by atoms with Gasteiger partial charge < -0.3 is 15.0 Å². The van der Waals surface area contributed by atoms with E-state index in [-0.39, 0.29) is 30.5 Å². The van der Waals surface area contributed by atoms with Crippen molar-refractivity contribution in [2.24, 2.45) is 5.92 Å². The van der Waals surface area contributed by atoms with Crippen LogP contribution in [0, 0.1) is 5.92 Å². The molecule has 0 aliphatic carbocycles. The SMILES string of the molecule is CC(C)CCOC1CCN(C(=O)C2CCCN2)C1.Cl. The van der Waals surface area contributed by atoms with Gasteiger partial charge in [0, 0.05) is 19.7 Å². The molecule has 5 heteroatoms. The first-order valence-electron chi connectivity index (χ1n) is 7.30. The van der Waals surface area contributed by atoms with Gasteiger partial charge in [0.25, 0.3) is 0 Å². The zero-order valence-corrected chi connectivity index (χ0v) is 12.9. The Balaban J connectivity index is 0.00000180. The van der Waals surface area contributed by atoms with Crippen LogP contribution in [0.2, 0.25) is 0 Å². The van der Waals surface area contributed by atoms with Crippen molar-refractivity contribution in [1.82, 2.24) is 10.2 Å². The molecule has 2 aliphatic heterocycles. The first-order chi connectivity index (χ1) is 8.66. The molecule has 1 amide bonds. The van der Waals surface area contributed by atoms with Gasteiger partial charge >= 0.3 is 0 Å². The van der Waals surface area contributed by atoms with Gasteiger partial charge in [-0.15, -0.1) is 12.4 Å². The standard InChI is InChI=1S/C14H26N2O2.ClH/c1-11(2)6-9-18-12-5-8-16(10-12)14(17)13-4-3-7-15-13;/h11-13,15H,3-10H2,1-2H3;1H. The molecule has 2 heterocycles. The van der Waals surface area contributed by atoms with E-state index in [1.165, 1.54) is 0 Å². The van der Waals surface area contributed by atoms with Crippen LogP contribution in [0.1, 0.15) is 39.5 Å². The van der Waals surface area contributed by atoms with E-state index in [1.54, 1.807) is 0 Å². The molecule has 4 nitrogen and oxygen atoms in total. The maximum atomic E-state index is 12.2. The second-order valence-corrected chi connectivity index (χ2v) is 5.90. The number of hydrogen-bond acceptors (Lipinski definition) is 3. The summed E-state index contributed by atoms with van der Waals surface area (Å²) in [5.74, 6) is 0.967. The fourth-order valence-electron chi connectivity index (χ4n) is 2.65. The van der Waals surface area contributed by atoms with Crippen molar-refractivity contribution in [3.63, 3.8) is 0 Å². The lowest BCUT2D eigenvalue weighted by Gasteiger charge is -2.20. The molecule has 2 unspecified atom stereocenters. The quantitative estimate of drug-likeness (QED) is 0.840. The highest BCUT2D eigenvalue weighted by Crippen LogP contribution is 2.17. The first-order valence-corrected chi connectivity index (χ1v) is 7.30. The molecule has 2 saturated heterocycles. The van der Waals surface area contributed by atoms with Crippen molar-refractivity contribution < 1.29 is 9.53 Å². The summed E-state index contributed by atoms with van der Waals surface area (Å²) in [7, 11) is 0. The number of carbonyl (C=O) groups excluding carboxylic acids is 1. The molecule has 0 saturated carbocycles. The molecule has 2 atom stereocenters. The van der Waals surface area contributed by atoms with Gasteiger partial charge in [-0.1, -0.05) is 13.8 Å². The van der Waals surface area contributed by atoms with Crippen LogP contribution in [-0.2, 0) is 9.53 Å². The topological polar surface area (TPSA) is 41.6 Å². The number of carbonyl (C=O) groups is 1. The van der Waals surface area contributed by atoms with E-state index in [0.29, 0.717) is 5.92 Å². The summed E-state index contributed by atoms with van der Waals surface area (Å²) in [4.78, 5) is 14.2. The summed E-state index contributed by atoms with van der Waals surface area (Å²) < 4.78 is 5.84. The van der Waals surface area contributed by atoms with Crippen LogP contribution in [0.15, 0.2) is 0 Å². The second kappa shape index (κ2) is 8.08. The van der Waals surface area contributed by atoms with Crippen LogP contribution in [-0.4, -0.2) is 49.2 Å². The number of nitrogens with one attached hydrogen (secondary N) is 1. The summed E-state index contributed by atoms with van der Waals surface area (Å²) in [5.41, 5.74) is 0. The van der Waals surface area contributed by atoms with E-state index in [9.17, 15) is 4.79 Å². The van der Waals surface area contributed by atoms with Gasteiger partial charge in [0.2, 0.25) is 5.91 Å². The smallest absolute Gasteiger partial charge is 0.239 e. The van der Waals surface area contributed by atoms with Crippen LogP contribution < -0.4 is 5.32 Å². The van der Waals surface area contributed by atoms with Crippen LogP contribution in [0.3, 0.4) is 0 Å². The average molecular weight is 291 g/mol. The number of rotatable bonds is 5. The highest BCUT2D eigenvalue weighted by Gasteiger charge is 2.32. The van der Waals surface area contributed by atoms with E-state index in [1.807, 2.05) is 4.90 Å². The lowest BCUT2D eigenvalue weighted by molar-refractivity contribution is -0.132. The third kappa shape index (κ3) is 4.93. The van der Waals surface area contributed by atoms with Crippen molar-refractivity contribution in [3.8, 4) is 0 Å². The Morgan fingerprint density at radius 3 is 2.84 bits per heavy atom. The van der Waals surface area contributed by atoms with Crippen LogP contribution in [0.25, 0.3) is 0 Å². The van der Waals surface area contributed by atoms with Crippen LogP contribution >= 0.6 is 12.4 Å². The molecule has 2 rings (SSSR count). The molecule has 0 aromatic heterocycles. The lowest BCUT2D eigenvalue weighted by atomic mass is 10.1. The number of nitrogens with zero attached hydrogens (tertiary/aromatic N) is 1. The third-order valence-electron chi connectivity index (χ3n) is 3.86. The minimum Gasteiger partial charge on any atom is -0.376 e. The van der Waals surface area contributed by atoms with E-state index < -0.39 is 0 Å². The van der Waals surface area contributed by atoms with Gasteiger partial charge in [-0.05, 0) is 38.1 Å². The van der Waals surface area contributed by atoms with Gasteiger partial charge in [0.1, 0.15) is 0 Å². The zero-order chi connectivity index (χ0) is 13.0. The van der Waals surface area contributed by atoms with Gasteiger partial charge in [0.05, 0.1) is 12.1 Å². The Kier molecular flexibility index (Phi) is 7.11. The number of ether oxygens (including phenoxy) is 1. The molecule has 19 heavy (non-hydrogen) atoms. The largest absolute Gasteiger partial charge is 0.376 e. The highest BCUT2D eigenvalue weighted by molar-refractivity contribution is 5.85. The molecule has 2 aliphatic rings. The van der Waals surface area contributed by atoms with Crippen molar-refractivity contribution in [3.05, 3.63) is 0 Å². The molecule has 0 aromatic carbocycles. The maximum absolute atomic E-state index is 12.2. The van der Waals surface area contributed by atoms with Crippen molar-refractivity contribution in [2.75, 3.05) is 26.2 Å². The Labute approximate surface area is 122 Å². The summed E-state index contributed by atoms with van der Waals surface area (Å²) in [6, 6.07) is 0.0689. The summed E-state index contributed by atoms with van der Waals surface area (Å²) in [5, 5.41) is 3.27. The van der Waals surface area contributed by atoms with Crippen molar-refractivity contribution >= 4 is 18.3 Å². The molecule has 2 fully saturated rings. The normalized spacial score (nSPS) is 26.8. The van der Waals surface area contributed by atoms with Crippen molar-refractivity contribution in [2.45, 2.75) is 51.7 Å². The predicted octanol–water partition coefficient (Wildman–Crippen LogP) is 1.82. The minimum atomic E-state index is 0. The molecule has 1 N–H and O–H groups in total. The zero-order valence-electron chi connectivity index (χ0n) is 12.1. The second-order valence-electron chi connectivity index (χ2n) is 5.90. The van der Waals surface area contributed by atoms with E-state index >= 15 is 0 Å². The maximum Gasteiger partial charge on any atom is 0.239 e. The van der Waals surface area contributed by atoms with Crippen LogP contribution in [0.5, 0.6) is 0 Å². The Morgan fingerprint density at radius 2 is 2.21 bits per heavy atom. The third-order valence-corrected chi connectivity index (χ3v) is 3.86. The summed E-state index contributed by atoms with van der Waals surface area (Å²) in [6.07, 6.45) is 4.48. The Hall–Kier alpha value is -0.320. The van der Waals surface area contributed by atoms with Gasteiger partial charge in [-0.2, -0.15) is 0 Å².